The van der Waals surface area contributed by atoms with Gasteiger partial charge in [-0.3, -0.25) is 4.79 Å². The van der Waals surface area contributed by atoms with Crippen LogP contribution in [0.25, 0.3) is 0 Å². The highest BCUT2D eigenvalue weighted by Gasteiger charge is 2.35. The maximum Gasteiger partial charge on any atom is 0.419 e. The number of hydrogen-bond donors (Lipinski definition) is 1. The van der Waals surface area contributed by atoms with E-state index in [0.717, 1.165) is 12.1 Å². The monoisotopic (exact) mass is 292 g/mol. The van der Waals surface area contributed by atoms with Crippen LogP contribution in [0.5, 0.6) is 0 Å². The second-order valence-corrected chi connectivity index (χ2v) is 4.80. The molecule has 0 aliphatic carbocycles. The Bertz CT molecular complexity index is 486. The number of carbonyl (C=O) groups excluding carboxylic acids is 1. The lowest BCUT2D eigenvalue weighted by Gasteiger charge is -2.19. The topological polar surface area (TPSA) is 32.3 Å². The standard InChI is InChI=1S/C13H16F4N2O/c1-8(7-19(2)3)18-12(20)9-5-4-6-10(11(9)14)13(15,16)17/h4-6,8H,7H2,1-3H3,(H,18,20). The Morgan fingerprint density at radius 3 is 2.45 bits per heavy atom. The minimum absolute atomic E-state index is 0.313. The summed E-state index contributed by atoms with van der Waals surface area (Å²) in [4.78, 5) is 13.6. The lowest BCUT2D eigenvalue weighted by Crippen LogP contribution is -2.40. The van der Waals surface area contributed by atoms with Crippen molar-refractivity contribution in [3.63, 3.8) is 0 Å². The van der Waals surface area contributed by atoms with Crippen LogP contribution < -0.4 is 5.32 Å². The summed E-state index contributed by atoms with van der Waals surface area (Å²) in [6.45, 7) is 2.18. The summed E-state index contributed by atoms with van der Waals surface area (Å²) in [6.07, 6.45) is -4.82. The number of nitrogens with zero attached hydrogens (tertiary/aromatic N) is 1. The van der Waals surface area contributed by atoms with E-state index in [9.17, 15) is 22.4 Å². The van der Waals surface area contributed by atoms with E-state index in [4.69, 9.17) is 0 Å². The minimum atomic E-state index is -4.82. The number of halogens is 4. The van der Waals surface area contributed by atoms with Crippen LogP contribution in [0.4, 0.5) is 17.6 Å². The van der Waals surface area contributed by atoms with Crippen molar-refractivity contribution < 1.29 is 22.4 Å². The molecule has 1 amide bonds. The molecule has 20 heavy (non-hydrogen) atoms. The molecule has 0 heterocycles. The molecule has 7 heteroatoms. The van der Waals surface area contributed by atoms with Crippen LogP contribution in [0.15, 0.2) is 18.2 Å². The van der Waals surface area contributed by atoms with E-state index >= 15 is 0 Å². The highest BCUT2D eigenvalue weighted by atomic mass is 19.4. The highest BCUT2D eigenvalue weighted by molar-refractivity contribution is 5.94. The van der Waals surface area contributed by atoms with E-state index in [1.54, 1.807) is 25.9 Å². The predicted octanol–water partition coefficient (Wildman–Crippen LogP) is 2.52. The van der Waals surface area contributed by atoms with E-state index in [2.05, 4.69) is 5.32 Å². The fourth-order valence-electron chi connectivity index (χ4n) is 1.82. The van der Waals surface area contributed by atoms with E-state index in [1.165, 1.54) is 0 Å². The fraction of sp³-hybridized carbons (Fsp3) is 0.462. The Kier molecular flexibility index (Phi) is 5.10. The molecule has 0 aromatic heterocycles. The molecule has 0 radical (unpaired) electrons. The van der Waals surface area contributed by atoms with Gasteiger partial charge in [0.15, 0.2) is 0 Å². The maximum atomic E-state index is 13.7. The predicted molar refractivity (Wildman–Crippen MR) is 66.9 cm³/mol. The summed E-state index contributed by atoms with van der Waals surface area (Å²) >= 11 is 0. The largest absolute Gasteiger partial charge is 0.419 e. The van der Waals surface area contributed by atoms with Crippen molar-refractivity contribution in [2.24, 2.45) is 0 Å². The molecule has 1 atom stereocenters. The van der Waals surface area contributed by atoms with Gasteiger partial charge in [-0.15, -0.1) is 0 Å². The number of likely N-dealkylation sites (N-methyl/N-ethyl adjacent to an activating group) is 1. The quantitative estimate of drug-likeness (QED) is 0.865. The molecule has 0 spiro atoms. The van der Waals surface area contributed by atoms with Gasteiger partial charge in [0.25, 0.3) is 5.91 Å². The number of amides is 1. The third-order valence-electron chi connectivity index (χ3n) is 2.57. The number of hydrogen-bond acceptors (Lipinski definition) is 2. The summed E-state index contributed by atoms with van der Waals surface area (Å²) in [6, 6.07) is 2.33. The Balaban J connectivity index is 2.95. The lowest BCUT2D eigenvalue weighted by molar-refractivity contribution is -0.140. The van der Waals surface area contributed by atoms with Gasteiger partial charge in [-0.1, -0.05) is 6.07 Å². The zero-order valence-corrected chi connectivity index (χ0v) is 11.4. The van der Waals surface area contributed by atoms with Gasteiger partial charge in [0.2, 0.25) is 0 Å². The smallest absolute Gasteiger partial charge is 0.348 e. The van der Waals surface area contributed by atoms with Crippen molar-refractivity contribution in [3.8, 4) is 0 Å². The summed E-state index contributed by atoms with van der Waals surface area (Å²) in [7, 11) is 3.57. The van der Waals surface area contributed by atoms with Crippen LogP contribution in [0.3, 0.4) is 0 Å². The van der Waals surface area contributed by atoms with E-state index < -0.39 is 29.0 Å². The molecular weight excluding hydrogens is 276 g/mol. The Morgan fingerprint density at radius 1 is 1.35 bits per heavy atom. The summed E-state index contributed by atoms with van der Waals surface area (Å²) in [5.41, 5.74) is -2.05. The van der Waals surface area contributed by atoms with Gasteiger partial charge in [0.05, 0.1) is 11.1 Å². The van der Waals surface area contributed by atoms with Gasteiger partial charge >= 0.3 is 6.18 Å². The van der Waals surface area contributed by atoms with Gasteiger partial charge in [-0.05, 0) is 33.2 Å². The van der Waals surface area contributed by atoms with Crippen LogP contribution in [-0.4, -0.2) is 37.5 Å². The average molecular weight is 292 g/mol. The number of carbonyl (C=O) groups is 1. The molecule has 1 aromatic carbocycles. The number of nitrogens with one attached hydrogen (secondary N) is 1. The summed E-state index contributed by atoms with van der Waals surface area (Å²) in [5.74, 6) is -2.41. The summed E-state index contributed by atoms with van der Waals surface area (Å²) in [5, 5.41) is 2.46. The van der Waals surface area contributed by atoms with Crippen LogP contribution in [-0.2, 0) is 6.18 Å². The second kappa shape index (κ2) is 6.21. The van der Waals surface area contributed by atoms with E-state index in [1.807, 2.05) is 0 Å². The van der Waals surface area contributed by atoms with Gasteiger partial charge in [-0.2, -0.15) is 13.2 Å². The fourth-order valence-corrected chi connectivity index (χ4v) is 1.82. The van der Waals surface area contributed by atoms with Crippen LogP contribution in [0.2, 0.25) is 0 Å². The molecule has 0 aliphatic rings. The molecule has 1 aromatic rings. The third kappa shape index (κ3) is 4.19. The molecule has 1 N–H and O–H groups in total. The number of benzene rings is 1. The maximum absolute atomic E-state index is 13.7. The Hall–Kier alpha value is -1.63. The highest BCUT2D eigenvalue weighted by Crippen LogP contribution is 2.32. The number of rotatable bonds is 4. The average Bonchev–Trinajstić information content (AvgIpc) is 2.25. The first-order chi connectivity index (χ1) is 9.12. The second-order valence-electron chi connectivity index (χ2n) is 4.80. The van der Waals surface area contributed by atoms with Crippen molar-refractivity contribution in [1.29, 1.82) is 0 Å². The molecule has 0 bridgehead atoms. The first kappa shape index (κ1) is 16.4. The molecule has 112 valence electrons. The molecule has 0 aliphatic heterocycles. The molecule has 0 saturated heterocycles. The Labute approximate surface area is 114 Å². The molecule has 1 rings (SSSR count). The number of alkyl halides is 3. The molecule has 3 nitrogen and oxygen atoms in total. The zero-order valence-electron chi connectivity index (χ0n) is 11.4. The normalized spacial score (nSPS) is 13.4. The van der Waals surface area contributed by atoms with E-state index in [-0.39, 0.29) is 6.04 Å². The van der Waals surface area contributed by atoms with Crippen molar-refractivity contribution >= 4 is 5.91 Å². The summed E-state index contributed by atoms with van der Waals surface area (Å²) < 4.78 is 51.4. The SMILES string of the molecule is CC(CN(C)C)NC(=O)c1cccc(C(F)(F)F)c1F. The first-order valence-corrected chi connectivity index (χ1v) is 5.94. The third-order valence-corrected chi connectivity index (χ3v) is 2.57. The van der Waals surface area contributed by atoms with Crippen molar-refractivity contribution in [3.05, 3.63) is 35.1 Å². The van der Waals surface area contributed by atoms with Gasteiger partial charge in [-0.25, -0.2) is 4.39 Å². The van der Waals surface area contributed by atoms with Gasteiger partial charge in [0, 0.05) is 12.6 Å². The van der Waals surface area contributed by atoms with Crippen LogP contribution in [0.1, 0.15) is 22.8 Å². The van der Waals surface area contributed by atoms with Crippen molar-refractivity contribution in [2.45, 2.75) is 19.1 Å². The van der Waals surface area contributed by atoms with Crippen LogP contribution >= 0.6 is 0 Å². The first-order valence-electron chi connectivity index (χ1n) is 5.94. The molecule has 0 saturated carbocycles. The Morgan fingerprint density at radius 2 is 1.95 bits per heavy atom. The molecule has 0 fully saturated rings. The zero-order chi connectivity index (χ0) is 15.5. The minimum Gasteiger partial charge on any atom is -0.348 e. The van der Waals surface area contributed by atoms with E-state index in [0.29, 0.717) is 12.6 Å². The van der Waals surface area contributed by atoms with Crippen LogP contribution in [0, 0.1) is 5.82 Å². The van der Waals surface area contributed by atoms with Crippen molar-refractivity contribution in [1.82, 2.24) is 10.2 Å². The van der Waals surface area contributed by atoms with Gasteiger partial charge in [0.1, 0.15) is 5.82 Å². The van der Waals surface area contributed by atoms with Gasteiger partial charge < -0.3 is 10.2 Å². The van der Waals surface area contributed by atoms with Crippen molar-refractivity contribution in [2.75, 3.05) is 20.6 Å². The molecular formula is C13H16F4N2O. The lowest BCUT2D eigenvalue weighted by atomic mass is 10.1. The molecule has 1 unspecified atom stereocenters.